The van der Waals surface area contributed by atoms with E-state index in [1.165, 1.54) is 0 Å². The smallest absolute Gasteiger partial charge is 0.250 e. The average Bonchev–Trinajstić information content (AvgIpc) is 2.54. The maximum Gasteiger partial charge on any atom is 0.250 e. The number of halogens is 5. The molecule has 26 heavy (non-hydrogen) atoms. The summed E-state index contributed by atoms with van der Waals surface area (Å²) in [4.78, 5) is 14.7. The number of anilines is 3. The first-order valence-electron chi connectivity index (χ1n) is 7.59. The zero-order valence-corrected chi connectivity index (χ0v) is 17.8. The number of benzene rings is 1. The van der Waals surface area contributed by atoms with Gasteiger partial charge in [0.05, 0.1) is 10.0 Å². The van der Waals surface area contributed by atoms with Crippen LogP contribution in [0.15, 0.2) is 18.2 Å². The highest BCUT2D eigenvalue weighted by Crippen LogP contribution is 2.36. The van der Waals surface area contributed by atoms with Gasteiger partial charge in [0, 0.05) is 12.2 Å². The van der Waals surface area contributed by atoms with Gasteiger partial charge in [0.2, 0.25) is 15.7 Å². The van der Waals surface area contributed by atoms with E-state index >= 15 is 0 Å². The van der Waals surface area contributed by atoms with E-state index < -0.39 is 3.79 Å². The number of hydrogen-bond acceptors (Lipinski definition) is 6. The zero-order chi connectivity index (χ0) is 19.3. The molecule has 0 bridgehead atoms. The first kappa shape index (κ1) is 21.5. The Bertz CT molecular complexity index is 750. The van der Waals surface area contributed by atoms with E-state index in [1.54, 1.807) is 18.2 Å². The highest BCUT2D eigenvalue weighted by Gasteiger charge is 2.28. The molecule has 0 atom stereocenters. The highest BCUT2D eigenvalue weighted by molar-refractivity contribution is 6.66. The van der Waals surface area contributed by atoms with Crippen LogP contribution in [-0.4, -0.2) is 47.0 Å². The van der Waals surface area contributed by atoms with Crippen LogP contribution >= 0.6 is 58.0 Å². The van der Waals surface area contributed by atoms with E-state index in [0.29, 0.717) is 28.2 Å². The molecule has 11 heteroatoms. The van der Waals surface area contributed by atoms with Crippen molar-refractivity contribution in [2.24, 2.45) is 0 Å². The molecule has 0 unspecified atom stereocenters. The second kappa shape index (κ2) is 9.44. The topological polar surface area (TPSA) is 66.0 Å². The van der Waals surface area contributed by atoms with Crippen molar-refractivity contribution in [3.63, 3.8) is 0 Å². The standard InChI is InChI=1S/C15H17Cl5N6/c1-26(2)7-3-6-21-13-23-12(15(18,19)20)24-14(25-13)22-9-4-5-10(16)11(17)8-9/h4-5,8H,3,6-7H2,1-2H3,(H2,21,22,23,24,25). The van der Waals surface area contributed by atoms with Gasteiger partial charge in [-0.05, 0) is 45.3 Å². The van der Waals surface area contributed by atoms with Crippen molar-refractivity contribution in [1.29, 1.82) is 0 Å². The Hall–Kier alpha value is -0.760. The average molecular weight is 459 g/mol. The van der Waals surface area contributed by atoms with E-state index in [2.05, 4.69) is 30.5 Å². The van der Waals surface area contributed by atoms with Crippen LogP contribution in [0.1, 0.15) is 12.2 Å². The third-order valence-electron chi connectivity index (χ3n) is 3.13. The van der Waals surface area contributed by atoms with Gasteiger partial charge in [-0.25, -0.2) is 0 Å². The Morgan fingerprint density at radius 1 is 1.00 bits per heavy atom. The quantitative estimate of drug-likeness (QED) is 0.444. The Morgan fingerprint density at radius 2 is 1.69 bits per heavy atom. The van der Waals surface area contributed by atoms with Crippen molar-refractivity contribution in [1.82, 2.24) is 19.9 Å². The monoisotopic (exact) mass is 456 g/mol. The third-order valence-corrected chi connectivity index (χ3v) is 4.38. The molecule has 1 aromatic carbocycles. The third kappa shape index (κ3) is 6.76. The molecular weight excluding hydrogens is 441 g/mol. The van der Waals surface area contributed by atoms with Gasteiger partial charge in [0.15, 0.2) is 5.82 Å². The van der Waals surface area contributed by atoms with Gasteiger partial charge in [0.1, 0.15) is 0 Å². The van der Waals surface area contributed by atoms with E-state index in [-0.39, 0.29) is 11.8 Å². The SMILES string of the molecule is CN(C)CCCNc1nc(Nc2ccc(Cl)c(Cl)c2)nc(C(Cl)(Cl)Cl)n1. The van der Waals surface area contributed by atoms with Crippen molar-refractivity contribution in [3.8, 4) is 0 Å². The summed E-state index contributed by atoms with van der Waals surface area (Å²) in [6, 6.07) is 5.04. The number of aromatic nitrogens is 3. The summed E-state index contributed by atoms with van der Waals surface area (Å²) in [5.74, 6) is 0.535. The van der Waals surface area contributed by atoms with E-state index in [1.807, 2.05) is 14.1 Å². The second-order valence-electron chi connectivity index (χ2n) is 5.64. The Labute approximate surface area is 177 Å². The maximum atomic E-state index is 6.02. The summed E-state index contributed by atoms with van der Waals surface area (Å²) < 4.78 is -1.78. The molecule has 0 spiro atoms. The van der Waals surface area contributed by atoms with Crippen LogP contribution in [0.25, 0.3) is 0 Å². The highest BCUT2D eigenvalue weighted by atomic mass is 35.6. The molecule has 2 rings (SSSR count). The molecule has 0 fully saturated rings. The fraction of sp³-hybridized carbons (Fsp3) is 0.400. The molecule has 2 aromatic rings. The van der Waals surface area contributed by atoms with Crippen LogP contribution < -0.4 is 10.6 Å². The zero-order valence-electron chi connectivity index (χ0n) is 14.0. The van der Waals surface area contributed by atoms with E-state index in [9.17, 15) is 0 Å². The lowest BCUT2D eigenvalue weighted by Crippen LogP contribution is -2.18. The van der Waals surface area contributed by atoms with Crippen molar-refractivity contribution < 1.29 is 0 Å². The molecule has 0 saturated carbocycles. The second-order valence-corrected chi connectivity index (χ2v) is 8.74. The number of rotatable bonds is 7. The van der Waals surface area contributed by atoms with Gasteiger partial charge in [-0.3, -0.25) is 0 Å². The van der Waals surface area contributed by atoms with Gasteiger partial charge >= 0.3 is 0 Å². The van der Waals surface area contributed by atoms with Crippen LogP contribution in [0, 0.1) is 0 Å². The first-order chi connectivity index (χ1) is 12.1. The molecule has 0 aliphatic rings. The number of alkyl halides is 3. The molecule has 0 aliphatic heterocycles. The summed E-state index contributed by atoms with van der Waals surface area (Å²) in [5.41, 5.74) is 0.638. The molecule has 0 aliphatic carbocycles. The predicted molar refractivity (Wildman–Crippen MR) is 110 cm³/mol. The van der Waals surface area contributed by atoms with Crippen LogP contribution in [0.5, 0.6) is 0 Å². The van der Waals surface area contributed by atoms with Crippen molar-refractivity contribution in [3.05, 3.63) is 34.1 Å². The molecule has 0 amide bonds. The largest absolute Gasteiger partial charge is 0.354 e. The molecule has 0 radical (unpaired) electrons. The molecule has 6 nitrogen and oxygen atoms in total. The van der Waals surface area contributed by atoms with Crippen LogP contribution in [0.2, 0.25) is 10.0 Å². The van der Waals surface area contributed by atoms with Crippen LogP contribution in [-0.2, 0) is 3.79 Å². The number of nitrogens with one attached hydrogen (secondary N) is 2. The fourth-order valence-corrected chi connectivity index (χ4v) is 2.49. The molecule has 142 valence electrons. The summed E-state index contributed by atoms with van der Waals surface area (Å²) in [6.07, 6.45) is 0.900. The lowest BCUT2D eigenvalue weighted by molar-refractivity contribution is 0.405. The predicted octanol–water partition coefficient (Wildman–Crippen LogP) is 5.11. The fourth-order valence-electron chi connectivity index (χ4n) is 1.94. The summed E-state index contributed by atoms with van der Waals surface area (Å²) in [5, 5.41) is 6.95. The van der Waals surface area contributed by atoms with E-state index in [0.717, 1.165) is 13.0 Å². The van der Waals surface area contributed by atoms with Crippen molar-refractivity contribution in [2.45, 2.75) is 10.2 Å². The minimum absolute atomic E-state index is 0.00942. The number of nitrogens with zero attached hydrogens (tertiary/aromatic N) is 4. The summed E-state index contributed by atoms with van der Waals surface area (Å²) in [7, 11) is 4.01. The lowest BCUT2D eigenvalue weighted by atomic mass is 10.3. The van der Waals surface area contributed by atoms with Gasteiger partial charge in [-0.2, -0.15) is 15.0 Å². The van der Waals surface area contributed by atoms with Crippen molar-refractivity contribution in [2.75, 3.05) is 37.8 Å². The maximum absolute atomic E-state index is 6.02. The van der Waals surface area contributed by atoms with Gasteiger partial charge in [0.25, 0.3) is 0 Å². The molecule has 2 N–H and O–H groups in total. The van der Waals surface area contributed by atoms with Gasteiger partial charge in [-0.1, -0.05) is 58.0 Å². The number of hydrogen-bond donors (Lipinski definition) is 2. The molecular formula is C15H17Cl5N6. The Morgan fingerprint density at radius 3 is 2.31 bits per heavy atom. The lowest BCUT2D eigenvalue weighted by Gasteiger charge is -2.14. The summed E-state index contributed by atoms with van der Waals surface area (Å²) >= 11 is 29.7. The minimum Gasteiger partial charge on any atom is -0.354 e. The molecule has 1 aromatic heterocycles. The minimum atomic E-state index is -1.78. The van der Waals surface area contributed by atoms with Crippen LogP contribution in [0.3, 0.4) is 0 Å². The van der Waals surface area contributed by atoms with Crippen LogP contribution in [0.4, 0.5) is 17.6 Å². The molecule has 0 saturated heterocycles. The summed E-state index contributed by atoms with van der Waals surface area (Å²) in [6.45, 7) is 1.58. The van der Waals surface area contributed by atoms with E-state index in [4.69, 9.17) is 58.0 Å². The van der Waals surface area contributed by atoms with Gasteiger partial charge in [-0.15, -0.1) is 0 Å². The van der Waals surface area contributed by atoms with Gasteiger partial charge < -0.3 is 15.5 Å². The first-order valence-corrected chi connectivity index (χ1v) is 9.48. The molecule has 1 heterocycles. The normalized spacial score (nSPS) is 11.7. The Kier molecular flexibility index (Phi) is 7.82. The Balaban J connectivity index is 2.20. The van der Waals surface area contributed by atoms with Crippen molar-refractivity contribution >= 4 is 75.6 Å².